The number of ether oxygens (including phenoxy) is 3. The molecule has 0 saturated carbocycles. The van der Waals surface area contributed by atoms with Gasteiger partial charge in [-0.2, -0.15) is 0 Å². The van der Waals surface area contributed by atoms with Crippen LogP contribution in [0.15, 0.2) is 41.3 Å². The molecular weight excluding hydrogens is 406 g/mol. The van der Waals surface area contributed by atoms with E-state index in [0.29, 0.717) is 37.2 Å². The molecule has 0 radical (unpaired) electrons. The van der Waals surface area contributed by atoms with Crippen LogP contribution in [0.4, 0.5) is 5.69 Å². The third kappa shape index (κ3) is 3.90. The van der Waals surface area contributed by atoms with Gasteiger partial charge in [-0.1, -0.05) is 35.6 Å². The van der Waals surface area contributed by atoms with Crippen molar-refractivity contribution in [3.8, 4) is 17.2 Å². The van der Waals surface area contributed by atoms with E-state index in [-0.39, 0.29) is 5.91 Å². The number of thioether (sulfide) groups is 1. The molecule has 1 heterocycles. The first-order chi connectivity index (χ1) is 13.0. The van der Waals surface area contributed by atoms with Crippen molar-refractivity contribution in [3.05, 3.63) is 51.9 Å². The fraction of sp³-hybridized carbons (Fsp3) is 0.158. The molecule has 0 atom stereocenters. The summed E-state index contributed by atoms with van der Waals surface area (Å²) in [7, 11) is 4.69. The van der Waals surface area contributed by atoms with E-state index < -0.39 is 0 Å². The van der Waals surface area contributed by atoms with Crippen LogP contribution in [0.2, 0.25) is 5.02 Å². The summed E-state index contributed by atoms with van der Waals surface area (Å²) in [5, 5.41) is 0.405. The number of carbonyl (C=O) groups is 1. The second-order valence-electron chi connectivity index (χ2n) is 5.44. The van der Waals surface area contributed by atoms with Crippen LogP contribution in [0.3, 0.4) is 0 Å². The van der Waals surface area contributed by atoms with Gasteiger partial charge in [0.15, 0.2) is 4.32 Å². The number of nitrogens with zero attached hydrogens (tertiary/aromatic N) is 1. The van der Waals surface area contributed by atoms with Crippen LogP contribution in [0.5, 0.6) is 17.2 Å². The fourth-order valence-electron chi connectivity index (χ4n) is 2.58. The molecular formula is C19H16ClNO4S2. The summed E-state index contributed by atoms with van der Waals surface area (Å²) < 4.78 is 16.2. The van der Waals surface area contributed by atoms with E-state index >= 15 is 0 Å². The first kappa shape index (κ1) is 19.5. The van der Waals surface area contributed by atoms with E-state index in [1.54, 1.807) is 56.7 Å². The molecule has 1 fully saturated rings. The molecule has 8 heteroatoms. The largest absolute Gasteiger partial charge is 0.497 e. The maximum absolute atomic E-state index is 12.9. The zero-order valence-corrected chi connectivity index (χ0v) is 17.2. The number of anilines is 1. The van der Waals surface area contributed by atoms with Gasteiger partial charge in [-0.15, -0.1) is 0 Å². The Morgan fingerprint density at radius 3 is 2.37 bits per heavy atom. The summed E-state index contributed by atoms with van der Waals surface area (Å²) in [5.74, 6) is 1.60. The predicted molar refractivity (Wildman–Crippen MR) is 113 cm³/mol. The minimum atomic E-state index is -0.226. The highest BCUT2D eigenvalue weighted by molar-refractivity contribution is 8.27. The van der Waals surface area contributed by atoms with Crippen LogP contribution in [-0.4, -0.2) is 31.6 Å². The van der Waals surface area contributed by atoms with Crippen molar-refractivity contribution < 1.29 is 19.0 Å². The molecule has 0 N–H and O–H groups in total. The lowest BCUT2D eigenvalue weighted by Crippen LogP contribution is -2.27. The molecule has 0 aromatic heterocycles. The first-order valence-corrected chi connectivity index (χ1v) is 9.42. The Hall–Kier alpha value is -2.22. The highest BCUT2D eigenvalue weighted by Crippen LogP contribution is 2.39. The Balaban J connectivity index is 1.97. The van der Waals surface area contributed by atoms with E-state index in [2.05, 4.69) is 0 Å². The number of hydrogen-bond acceptors (Lipinski definition) is 6. The van der Waals surface area contributed by atoms with Gasteiger partial charge in [-0.3, -0.25) is 9.69 Å². The fourth-order valence-corrected chi connectivity index (χ4v) is 4.12. The lowest BCUT2D eigenvalue weighted by Gasteiger charge is -2.15. The van der Waals surface area contributed by atoms with Gasteiger partial charge >= 0.3 is 0 Å². The third-order valence-electron chi connectivity index (χ3n) is 3.91. The molecule has 27 heavy (non-hydrogen) atoms. The van der Waals surface area contributed by atoms with Gasteiger partial charge in [0.1, 0.15) is 17.2 Å². The molecule has 1 amide bonds. The molecule has 5 nitrogen and oxygen atoms in total. The van der Waals surface area contributed by atoms with E-state index in [4.69, 9.17) is 38.0 Å². The molecule has 0 aliphatic carbocycles. The van der Waals surface area contributed by atoms with Gasteiger partial charge < -0.3 is 14.2 Å². The number of hydrogen-bond donors (Lipinski definition) is 0. The molecule has 0 spiro atoms. The lowest BCUT2D eigenvalue weighted by molar-refractivity contribution is -0.113. The average Bonchev–Trinajstić information content (AvgIpc) is 2.94. The van der Waals surface area contributed by atoms with Crippen LogP contribution >= 0.6 is 35.6 Å². The van der Waals surface area contributed by atoms with Crippen molar-refractivity contribution in [2.24, 2.45) is 0 Å². The number of thiocarbonyl (C=S) groups is 1. The second kappa shape index (κ2) is 8.21. The zero-order chi connectivity index (χ0) is 19.6. The third-order valence-corrected chi connectivity index (χ3v) is 5.51. The number of carbonyl (C=O) groups excluding carboxylic acids is 1. The number of benzene rings is 2. The molecule has 1 aliphatic heterocycles. The smallest absolute Gasteiger partial charge is 0.270 e. The number of amides is 1. The summed E-state index contributed by atoms with van der Waals surface area (Å²) in [4.78, 5) is 14.9. The van der Waals surface area contributed by atoms with E-state index in [1.807, 2.05) is 0 Å². The van der Waals surface area contributed by atoms with Crippen LogP contribution in [0, 0.1) is 0 Å². The first-order valence-electron chi connectivity index (χ1n) is 7.82. The van der Waals surface area contributed by atoms with Crippen LogP contribution < -0.4 is 19.1 Å². The van der Waals surface area contributed by atoms with Crippen molar-refractivity contribution in [2.45, 2.75) is 0 Å². The van der Waals surface area contributed by atoms with Crippen LogP contribution in [0.25, 0.3) is 6.08 Å². The van der Waals surface area contributed by atoms with Crippen molar-refractivity contribution in [1.82, 2.24) is 0 Å². The Morgan fingerprint density at radius 2 is 1.74 bits per heavy atom. The molecule has 3 rings (SSSR count). The molecule has 2 aromatic carbocycles. The van der Waals surface area contributed by atoms with E-state index in [0.717, 1.165) is 5.56 Å². The summed E-state index contributed by atoms with van der Waals surface area (Å²) in [6, 6.07) is 10.5. The second-order valence-corrected chi connectivity index (χ2v) is 7.53. The maximum Gasteiger partial charge on any atom is 0.270 e. The Morgan fingerprint density at radius 1 is 1.04 bits per heavy atom. The van der Waals surface area contributed by atoms with Crippen molar-refractivity contribution in [1.29, 1.82) is 0 Å². The van der Waals surface area contributed by atoms with Crippen molar-refractivity contribution >= 4 is 57.6 Å². The van der Waals surface area contributed by atoms with Crippen LogP contribution in [0.1, 0.15) is 5.56 Å². The Labute approximate surface area is 171 Å². The Kier molecular flexibility index (Phi) is 5.94. The number of halogens is 1. The van der Waals surface area contributed by atoms with Crippen molar-refractivity contribution in [3.63, 3.8) is 0 Å². The monoisotopic (exact) mass is 421 g/mol. The highest BCUT2D eigenvalue weighted by Gasteiger charge is 2.33. The topological polar surface area (TPSA) is 48.0 Å². The molecule has 1 saturated heterocycles. The van der Waals surface area contributed by atoms with Gasteiger partial charge in [-0.05, 0) is 42.5 Å². The van der Waals surface area contributed by atoms with Crippen molar-refractivity contribution in [2.75, 3.05) is 26.2 Å². The molecule has 140 valence electrons. The van der Waals surface area contributed by atoms with Crippen LogP contribution in [-0.2, 0) is 4.79 Å². The standard InChI is InChI=1S/C19H16ClNO4S2/c1-23-13-5-7-15(24-2)11(8-13)9-17-18(22)21(19(26)27-17)12-4-6-16(25-3)14(20)10-12/h4-10H,1-3H3. The SMILES string of the molecule is COc1ccc(OC)c(C=C2SC(=S)N(c3ccc(OC)c(Cl)c3)C2=O)c1. The molecule has 1 aliphatic rings. The number of rotatable bonds is 5. The zero-order valence-electron chi connectivity index (χ0n) is 14.8. The Bertz CT molecular complexity index is 945. The maximum atomic E-state index is 12.9. The average molecular weight is 422 g/mol. The summed E-state index contributed by atoms with van der Waals surface area (Å²) in [6.07, 6.45) is 1.74. The molecule has 0 bridgehead atoms. The molecule has 0 unspecified atom stereocenters. The molecule has 2 aromatic rings. The highest BCUT2D eigenvalue weighted by atomic mass is 35.5. The van der Waals surface area contributed by atoms with Gasteiger partial charge in [-0.25, -0.2) is 0 Å². The predicted octanol–water partition coefficient (Wildman–Crippen LogP) is 4.77. The van der Waals surface area contributed by atoms with Gasteiger partial charge in [0.05, 0.1) is 36.9 Å². The van der Waals surface area contributed by atoms with E-state index in [9.17, 15) is 4.79 Å². The van der Waals surface area contributed by atoms with Gasteiger partial charge in [0, 0.05) is 5.56 Å². The van der Waals surface area contributed by atoms with E-state index in [1.165, 1.54) is 23.8 Å². The minimum absolute atomic E-state index is 0.226. The summed E-state index contributed by atoms with van der Waals surface area (Å²) in [6.45, 7) is 0. The normalized spacial score (nSPS) is 15.4. The van der Waals surface area contributed by atoms with Gasteiger partial charge in [0.25, 0.3) is 5.91 Å². The summed E-state index contributed by atoms with van der Waals surface area (Å²) in [5.41, 5.74) is 1.31. The minimum Gasteiger partial charge on any atom is -0.497 e. The summed E-state index contributed by atoms with van der Waals surface area (Å²) >= 11 is 12.8. The van der Waals surface area contributed by atoms with Gasteiger partial charge in [0.2, 0.25) is 0 Å². The number of methoxy groups -OCH3 is 3. The lowest BCUT2D eigenvalue weighted by atomic mass is 10.1. The quantitative estimate of drug-likeness (QED) is 0.512.